The van der Waals surface area contributed by atoms with Gasteiger partial charge in [-0.15, -0.1) is 0 Å². The largest absolute Gasteiger partial charge is 0.399 e. The van der Waals surface area contributed by atoms with Crippen LogP contribution in [0.2, 0.25) is 0 Å². The number of rotatable bonds is 7. The van der Waals surface area contributed by atoms with Crippen molar-refractivity contribution < 1.29 is 13.2 Å². The van der Waals surface area contributed by atoms with Crippen LogP contribution in [0, 0.1) is 0 Å². The van der Waals surface area contributed by atoms with Gasteiger partial charge in [-0.25, -0.2) is 17.8 Å². The Kier molecular flexibility index (Phi) is 5.98. The van der Waals surface area contributed by atoms with Crippen LogP contribution in [0.15, 0.2) is 24.3 Å². The molecule has 21 heavy (non-hydrogen) atoms. The Labute approximate surface area is 125 Å². The van der Waals surface area contributed by atoms with Gasteiger partial charge in [-0.3, -0.25) is 4.79 Å². The third-order valence-corrected chi connectivity index (χ3v) is 4.46. The third-order valence-electron chi connectivity index (χ3n) is 2.68. The summed E-state index contributed by atoms with van der Waals surface area (Å²) in [6, 6.07) is 6.59. The van der Waals surface area contributed by atoms with Crippen molar-refractivity contribution in [2.75, 3.05) is 36.5 Å². The minimum Gasteiger partial charge on any atom is -0.399 e. The molecule has 1 aromatic carbocycles. The molecule has 0 saturated carbocycles. The van der Waals surface area contributed by atoms with Gasteiger partial charge in [0.1, 0.15) is 0 Å². The molecular formula is C13H22N4O3S. The van der Waals surface area contributed by atoms with Crippen molar-refractivity contribution in [3.05, 3.63) is 24.3 Å². The Hall–Kier alpha value is -1.80. The van der Waals surface area contributed by atoms with Crippen LogP contribution in [0.25, 0.3) is 0 Å². The number of benzene rings is 1. The number of nitrogens with zero attached hydrogens (tertiary/aromatic N) is 2. The van der Waals surface area contributed by atoms with E-state index in [0.717, 1.165) is 4.41 Å². The number of amides is 1. The number of carbonyl (C=O) groups is 1. The summed E-state index contributed by atoms with van der Waals surface area (Å²) in [6.07, 6.45) is -0.0805. The summed E-state index contributed by atoms with van der Waals surface area (Å²) in [5, 5.41) is 4.03. The molecule has 0 aliphatic heterocycles. The number of sulfonamides is 1. The average molecular weight is 314 g/mol. The van der Waals surface area contributed by atoms with Crippen molar-refractivity contribution in [3.8, 4) is 0 Å². The van der Waals surface area contributed by atoms with Crippen LogP contribution in [0.4, 0.5) is 11.4 Å². The summed E-state index contributed by atoms with van der Waals surface area (Å²) in [5.41, 5.74) is 6.61. The number of anilines is 2. The Morgan fingerprint density at radius 1 is 1.33 bits per heavy atom. The summed E-state index contributed by atoms with van der Waals surface area (Å²) in [6.45, 7) is 2.26. The molecule has 1 aromatic rings. The zero-order chi connectivity index (χ0) is 16.0. The fourth-order valence-corrected chi connectivity index (χ4v) is 3.43. The number of hydrogen-bond donors (Lipinski definition) is 2. The van der Waals surface area contributed by atoms with Crippen LogP contribution >= 0.6 is 0 Å². The third kappa shape index (κ3) is 4.91. The molecule has 0 radical (unpaired) electrons. The van der Waals surface area contributed by atoms with Crippen LogP contribution < -0.4 is 15.5 Å². The molecule has 0 unspecified atom stereocenters. The van der Waals surface area contributed by atoms with Gasteiger partial charge >= 0.3 is 0 Å². The maximum Gasteiger partial charge on any atom is 0.249 e. The van der Waals surface area contributed by atoms with E-state index in [1.807, 2.05) is 0 Å². The van der Waals surface area contributed by atoms with Crippen molar-refractivity contribution in [1.29, 1.82) is 0 Å². The van der Waals surface area contributed by atoms with Crippen LogP contribution in [-0.2, 0) is 14.8 Å². The number of nitrogens with two attached hydrogens (primary N) is 1. The molecular weight excluding hydrogens is 292 g/mol. The fourth-order valence-electron chi connectivity index (χ4n) is 1.88. The lowest BCUT2D eigenvalue weighted by atomic mass is 10.3. The van der Waals surface area contributed by atoms with E-state index in [1.165, 1.54) is 5.01 Å². The Morgan fingerprint density at radius 2 is 2.00 bits per heavy atom. The number of nitrogen functional groups attached to an aromatic ring is 1. The summed E-state index contributed by atoms with van der Waals surface area (Å²) in [4.78, 5) is 11.4. The van der Waals surface area contributed by atoms with Crippen molar-refractivity contribution in [2.45, 2.75) is 13.3 Å². The predicted octanol–water partition coefficient (Wildman–Crippen LogP) is 0.408. The fraction of sp³-hybridized carbons (Fsp3) is 0.462. The Bertz CT molecular complexity index is 587. The molecule has 0 bridgehead atoms. The smallest absolute Gasteiger partial charge is 0.249 e. The Balaban J connectivity index is 2.97. The highest BCUT2D eigenvalue weighted by atomic mass is 32.2. The molecule has 118 valence electrons. The lowest BCUT2D eigenvalue weighted by molar-refractivity contribution is -0.120. The van der Waals surface area contributed by atoms with Crippen molar-refractivity contribution in [1.82, 2.24) is 10.3 Å². The second-order valence-corrected chi connectivity index (χ2v) is 6.62. The standard InChI is InChI=1S/C13H22N4O3S/c1-4-15-13(18)8-9-21(19,20)17(16(2)3)12-7-5-6-11(14)10-12/h5-7,10H,4,8-9,14H2,1-3H3,(H,15,18). The van der Waals surface area contributed by atoms with Crippen molar-refractivity contribution >= 4 is 27.3 Å². The monoisotopic (exact) mass is 314 g/mol. The lowest BCUT2D eigenvalue weighted by Gasteiger charge is -2.30. The van der Waals surface area contributed by atoms with E-state index in [0.29, 0.717) is 17.9 Å². The molecule has 0 heterocycles. The van der Waals surface area contributed by atoms with E-state index >= 15 is 0 Å². The second-order valence-electron chi connectivity index (χ2n) is 4.70. The van der Waals surface area contributed by atoms with Gasteiger partial charge < -0.3 is 11.1 Å². The van der Waals surface area contributed by atoms with Gasteiger partial charge in [0.05, 0.1) is 11.4 Å². The van der Waals surface area contributed by atoms with Gasteiger partial charge in [0.2, 0.25) is 15.9 Å². The van der Waals surface area contributed by atoms with Gasteiger partial charge in [-0.2, -0.15) is 0 Å². The molecule has 1 amide bonds. The van der Waals surface area contributed by atoms with E-state index < -0.39 is 10.0 Å². The average Bonchev–Trinajstić information content (AvgIpc) is 2.36. The van der Waals surface area contributed by atoms with Gasteiger partial charge in [0.15, 0.2) is 0 Å². The lowest BCUT2D eigenvalue weighted by Crippen LogP contribution is -2.44. The number of nitrogens with one attached hydrogen (secondary N) is 1. The highest BCUT2D eigenvalue weighted by Crippen LogP contribution is 2.22. The molecule has 0 atom stereocenters. The summed E-state index contributed by atoms with van der Waals surface area (Å²) in [7, 11) is -0.426. The van der Waals surface area contributed by atoms with Crippen LogP contribution in [-0.4, -0.2) is 45.7 Å². The van der Waals surface area contributed by atoms with Gasteiger partial charge in [-0.05, 0) is 25.1 Å². The maximum absolute atomic E-state index is 12.5. The molecule has 7 nitrogen and oxygen atoms in total. The quantitative estimate of drug-likeness (QED) is 0.561. The van der Waals surface area contributed by atoms with Crippen molar-refractivity contribution in [2.24, 2.45) is 0 Å². The minimum atomic E-state index is -3.66. The molecule has 0 aliphatic rings. The first-order valence-electron chi connectivity index (χ1n) is 6.60. The first-order valence-corrected chi connectivity index (χ1v) is 8.21. The zero-order valence-corrected chi connectivity index (χ0v) is 13.4. The molecule has 0 fully saturated rings. The van der Waals surface area contributed by atoms with Crippen LogP contribution in [0.5, 0.6) is 0 Å². The molecule has 0 aliphatic carbocycles. The van der Waals surface area contributed by atoms with Gasteiger partial charge in [0.25, 0.3) is 0 Å². The second kappa shape index (κ2) is 7.28. The zero-order valence-electron chi connectivity index (χ0n) is 12.5. The first-order chi connectivity index (χ1) is 9.77. The van der Waals surface area contributed by atoms with E-state index in [-0.39, 0.29) is 18.1 Å². The van der Waals surface area contributed by atoms with E-state index in [1.54, 1.807) is 45.3 Å². The highest BCUT2D eigenvalue weighted by Gasteiger charge is 2.25. The van der Waals surface area contributed by atoms with Crippen molar-refractivity contribution in [3.63, 3.8) is 0 Å². The number of carbonyl (C=O) groups excluding carboxylic acids is 1. The van der Waals surface area contributed by atoms with Crippen LogP contribution in [0.3, 0.4) is 0 Å². The maximum atomic E-state index is 12.5. The molecule has 1 rings (SSSR count). The molecule has 3 N–H and O–H groups in total. The normalized spacial score (nSPS) is 11.4. The number of hydrazine groups is 1. The molecule has 8 heteroatoms. The highest BCUT2D eigenvalue weighted by molar-refractivity contribution is 7.92. The van der Waals surface area contributed by atoms with E-state index in [4.69, 9.17) is 5.73 Å². The van der Waals surface area contributed by atoms with Gasteiger partial charge in [0, 0.05) is 32.7 Å². The summed E-state index contributed by atoms with van der Waals surface area (Å²) < 4.78 is 26.1. The topological polar surface area (TPSA) is 95.7 Å². The molecule has 0 spiro atoms. The predicted molar refractivity (Wildman–Crippen MR) is 84.1 cm³/mol. The summed E-state index contributed by atoms with van der Waals surface area (Å²) in [5.74, 6) is -0.557. The van der Waals surface area contributed by atoms with Crippen LogP contribution in [0.1, 0.15) is 13.3 Å². The molecule has 0 saturated heterocycles. The van der Waals surface area contributed by atoms with Gasteiger partial charge in [-0.1, -0.05) is 6.07 Å². The summed E-state index contributed by atoms with van der Waals surface area (Å²) >= 11 is 0. The SMILES string of the molecule is CCNC(=O)CCS(=O)(=O)N(c1cccc(N)c1)N(C)C. The number of hydrogen-bond acceptors (Lipinski definition) is 5. The Morgan fingerprint density at radius 3 is 2.52 bits per heavy atom. The first kappa shape index (κ1) is 17.3. The van der Waals surface area contributed by atoms with E-state index in [9.17, 15) is 13.2 Å². The molecule has 0 aromatic heterocycles. The van der Waals surface area contributed by atoms with E-state index in [2.05, 4.69) is 5.32 Å². The minimum absolute atomic E-state index is 0.0805.